The molecule has 1 aromatic heterocycles. The fraction of sp³-hybridized carbons (Fsp3) is 0.192. The van der Waals surface area contributed by atoms with E-state index >= 15 is 0 Å². The number of hydrogen-bond acceptors (Lipinski definition) is 6. The Hall–Kier alpha value is -3.63. The van der Waals surface area contributed by atoms with Gasteiger partial charge in [-0.05, 0) is 30.3 Å². The number of rotatable bonds is 6. The van der Waals surface area contributed by atoms with Gasteiger partial charge in [-0.1, -0.05) is 66.5 Å². The molecule has 37 heavy (non-hydrogen) atoms. The molecule has 8 nitrogen and oxygen atoms in total. The molecule has 11 heteroatoms. The first-order valence-electron chi connectivity index (χ1n) is 11.1. The second-order valence-corrected chi connectivity index (χ2v) is 10.5. The van der Waals surface area contributed by atoms with Gasteiger partial charge in [-0.3, -0.25) is 14.9 Å². The molecule has 3 aromatic carbocycles. The summed E-state index contributed by atoms with van der Waals surface area (Å²) in [5, 5.41) is 16.4. The van der Waals surface area contributed by atoms with Gasteiger partial charge in [0.05, 0.1) is 27.1 Å². The summed E-state index contributed by atoms with van der Waals surface area (Å²) in [7, 11) is 0. The van der Waals surface area contributed by atoms with Crippen LogP contribution in [0.25, 0.3) is 10.9 Å². The number of hydrogen-bond donors (Lipinski definition) is 0. The zero-order valence-electron chi connectivity index (χ0n) is 20.0. The van der Waals surface area contributed by atoms with E-state index < -0.39 is 27.4 Å². The predicted octanol–water partition coefficient (Wildman–Crippen LogP) is 6.62. The van der Waals surface area contributed by atoms with Crippen molar-refractivity contribution in [2.45, 2.75) is 32.8 Å². The summed E-state index contributed by atoms with van der Waals surface area (Å²) in [6, 6.07) is 13.8. The summed E-state index contributed by atoms with van der Waals surface area (Å²) in [5.41, 5.74) is -0.336. The first kappa shape index (κ1) is 26.4. The van der Waals surface area contributed by atoms with Crippen molar-refractivity contribution < 1.29 is 14.1 Å². The standard InChI is InChI=1S/C26H21BrClFN4O4/c1-26(2,3)25-31-21-9-8-17(27)12-18(21)24(34)32(25)30-13-15-10-19(28)23(22(11-15)33(35)36)37-14-16-6-4-5-7-20(16)29/h4-13H,14H2,1-3H3. The van der Waals surface area contributed by atoms with Crippen LogP contribution >= 0.6 is 27.5 Å². The van der Waals surface area contributed by atoms with Crippen LogP contribution < -0.4 is 10.3 Å². The summed E-state index contributed by atoms with van der Waals surface area (Å²) in [5.74, 6) is -0.285. The number of halogens is 3. The second-order valence-electron chi connectivity index (χ2n) is 9.20. The molecule has 0 atom stereocenters. The zero-order chi connectivity index (χ0) is 26.9. The van der Waals surface area contributed by atoms with Gasteiger partial charge in [0, 0.05) is 27.1 Å². The van der Waals surface area contributed by atoms with E-state index in [9.17, 15) is 19.3 Å². The molecular weight excluding hydrogens is 567 g/mol. The SMILES string of the molecule is CC(C)(C)c1nc2ccc(Br)cc2c(=O)n1N=Cc1cc(Cl)c(OCc2ccccc2F)c([N+](=O)[O-])c1. The van der Waals surface area contributed by atoms with E-state index in [0.29, 0.717) is 21.2 Å². The highest BCUT2D eigenvalue weighted by Gasteiger charge is 2.24. The molecule has 4 aromatic rings. The van der Waals surface area contributed by atoms with Crippen molar-refractivity contribution in [3.8, 4) is 5.75 Å². The highest BCUT2D eigenvalue weighted by Crippen LogP contribution is 2.36. The molecule has 0 spiro atoms. The minimum Gasteiger partial charge on any atom is -0.481 e. The number of ether oxygens (including phenoxy) is 1. The van der Waals surface area contributed by atoms with Crippen molar-refractivity contribution in [1.82, 2.24) is 9.66 Å². The van der Waals surface area contributed by atoms with Crippen molar-refractivity contribution in [2.75, 3.05) is 0 Å². The molecule has 0 aliphatic heterocycles. The van der Waals surface area contributed by atoms with Crippen LogP contribution in [0.15, 0.2) is 69.0 Å². The zero-order valence-corrected chi connectivity index (χ0v) is 22.4. The summed E-state index contributed by atoms with van der Waals surface area (Å²) < 4.78 is 21.4. The Morgan fingerprint density at radius 1 is 1.22 bits per heavy atom. The minimum atomic E-state index is -0.651. The molecule has 0 saturated heterocycles. The predicted molar refractivity (Wildman–Crippen MR) is 144 cm³/mol. The first-order valence-corrected chi connectivity index (χ1v) is 12.2. The topological polar surface area (TPSA) is 99.6 Å². The molecule has 0 unspecified atom stereocenters. The molecule has 190 valence electrons. The monoisotopic (exact) mass is 586 g/mol. The highest BCUT2D eigenvalue weighted by molar-refractivity contribution is 9.10. The maximum absolute atomic E-state index is 13.9. The molecule has 0 bridgehead atoms. The Bertz CT molecular complexity index is 1620. The number of nitro benzene ring substituents is 1. The van der Waals surface area contributed by atoms with E-state index in [4.69, 9.17) is 16.3 Å². The van der Waals surface area contributed by atoms with E-state index in [0.717, 1.165) is 0 Å². The van der Waals surface area contributed by atoms with E-state index in [1.54, 1.807) is 24.3 Å². The average molecular weight is 588 g/mol. The number of aromatic nitrogens is 2. The third-order valence-electron chi connectivity index (χ3n) is 5.37. The molecule has 0 radical (unpaired) electrons. The number of fused-ring (bicyclic) bond motifs is 1. The van der Waals surface area contributed by atoms with Crippen molar-refractivity contribution in [2.24, 2.45) is 5.10 Å². The van der Waals surface area contributed by atoms with Gasteiger partial charge in [-0.2, -0.15) is 9.78 Å². The van der Waals surface area contributed by atoms with Gasteiger partial charge in [0.1, 0.15) is 18.2 Å². The van der Waals surface area contributed by atoms with E-state index in [2.05, 4.69) is 26.0 Å². The fourth-order valence-corrected chi connectivity index (χ4v) is 4.22. The highest BCUT2D eigenvalue weighted by atomic mass is 79.9. The lowest BCUT2D eigenvalue weighted by Gasteiger charge is -2.20. The Labute approximate surface area is 224 Å². The van der Waals surface area contributed by atoms with Crippen LogP contribution in [0.2, 0.25) is 5.02 Å². The maximum atomic E-state index is 13.9. The molecule has 0 amide bonds. The van der Waals surface area contributed by atoms with Crippen LogP contribution in [0.4, 0.5) is 10.1 Å². The summed E-state index contributed by atoms with van der Waals surface area (Å²) in [4.78, 5) is 29.1. The summed E-state index contributed by atoms with van der Waals surface area (Å²) in [6.07, 6.45) is 1.29. The lowest BCUT2D eigenvalue weighted by atomic mass is 9.95. The van der Waals surface area contributed by atoms with Crippen LogP contribution in [0.5, 0.6) is 5.75 Å². The number of benzene rings is 3. The van der Waals surface area contributed by atoms with Gasteiger partial charge in [0.15, 0.2) is 0 Å². The summed E-state index contributed by atoms with van der Waals surface area (Å²) >= 11 is 9.69. The molecule has 0 N–H and O–H groups in total. The first-order chi connectivity index (χ1) is 17.5. The third kappa shape index (κ3) is 5.70. The maximum Gasteiger partial charge on any atom is 0.313 e. The Morgan fingerprint density at radius 2 is 1.95 bits per heavy atom. The van der Waals surface area contributed by atoms with Gasteiger partial charge in [-0.25, -0.2) is 9.37 Å². The lowest BCUT2D eigenvalue weighted by molar-refractivity contribution is -0.385. The van der Waals surface area contributed by atoms with Crippen LogP contribution in [-0.2, 0) is 12.0 Å². The molecule has 0 saturated carbocycles. The lowest BCUT2D eigenvalue weighted by Crippen LogP contribution is -2.29. The van der Waals surface area contributed by atoms with E-state index in [1.807, 2.05) is 20.8 Å². The second kappa shape index (κ2) is 10.4. The summed E-state index contributed by atoms with van der Waals surface area (Å²) in [6.45, 7) is 5.45. The Morgan fingerprint density at radius 3 is 2.62 bits per heavy atom. The van der Waals surface area contributed by atoms with Crippen LogP contribution in [0.3, 0.4) is 0 Å². The fourth-order valence-electron chi connectivity index (χ4n) is 3.58. The van der Waals surface area contributed by atoms with Crippen molar-refractivity contribution in [1.29, 1.82) is 0 Å². The number of nitrogens with zero attached hydrogens (tertiary/aromatic N) is 4. The van der Waals surface area contributed by atoms with Crippen molar-refractivity contribution in [3.05, 3.63) is 107 Å². The minimum absolute atomic E-state index is 0.0593. The molecule has 0 aliphatic carbocycles. The van der Waals surface area contributed by atoms with Gasteiger partial charge in [0.2, 0.25) is 5.75 Å². The van der Waals surface area contributed by atoms with Crippen LogP contribution in [0, 0.1) is 15.9 Å². The van der Waals surface area contributed by atoms with Crippen molar-refractivity contribution >= 4 is 50.3 Å². The molecule has 4 rings (SSSR count). The normalized spacial score (nSPS) is 11.8. The molecule has 0 aliphatic rings. The molecular formula is C26H21BrClFN4O4. The largest absolute Gasteiger partial charge is 0.481 e. The molecule has 1 heterocycles. The van der Waals surface area contributed by atoms with Gasteiger partial charge >= 0.3 is 5.69 Å². The quantitative estimate of drug-likeness (QED) is 0.143. The average Bonchev–Trinajstić information content (AvgIpc) is 2.83. The Balaban J connectivity index is 1.76. The van der Waals surface area contributed by atoms with Gasteiger partial charge in [0.25, 0.3) is 5.56 Å². The van der Waals surface area contributed by atoms with Crippen LogP contribution in [0.1, 0.15) is 37.7 Å². The smallest absolute Gasteiger partial charge is 0.313 e. The Kier molecular flexibility index (Phi) is 7.42. The van der Waals surface area contributed by atoms with Gasteiger partial charge in [-0.15, -0.1) is 0 Å². The third-order valence-corrected chi connectivity index (χ3v) is 6.15. The number of nitro groups is 1. The van der Waals surface area contributed by atoms with E-state index in [1.165, 1.54) is 41.2 Å². The van der Waals surface area contributed by atoms with E-state index in [-0.39, 0.29) is 28.5 Å². The van der Waals surface area contributed by atoms with Gasteiger partial charge < -0.3 is 4.74 Å². The molecule has 0 fully saturated rings. The van der Waals surface area contributed by atoms with Crippen molar-refractivity contribution in [3.63, 3.8) is 0 Å². The van der Waals surface area contributed by atoms with Crippen LogP contribution in [-0.4, -0.2) is 20.8 Å².